The van der Waals surface area contributed by atoms with Crippen molar-refractivity contribution < 1.29 is 4.79 Å². The first kappa shape index (κ1) is 23.9. The van der Waals surface area contributed by atoms with Gasteiger partial charge in [0.2, 0.25) is 5.91 Å². The minimum absolute atomic E-state index is 0. The molecule has 0 bridgehead atoms. The van der Waals surface area contributed by atoms with Gasteiger partial charge in [0.1, 0.15) is 0 Å². The van der Waals surface area contributed by atoms with Crippen LogP contribution in [0.4, 0.5) is 0 Å². The van der Waals surface area contributed by atoms with Gasteiger partial charge in [-0.3, -0.25) is 4.79 Å². The van der Waals surface area contributed by atoms with E-state index in [1.807, 2.05) is 29.2 Å². The molecule has 1 heterocycles. The van der Waals surface area contributed by atoms with E-state index in [0.717, 1.165) is 42.5 Å². The lowest BCUT2D eigenvalue weighted by atomic mass is 9.98. The number of carbonyl (C=O) groups is 1. The standard InChI is InChI=1S/C23H26N4O.2ClH/c24-21-10-9-19(13-21)23(28)26-14-20-3-1-2-4-22(20)18-7-5-17(6-8-18)15-27-12-11-25-16-27;;/h1-8,11-12,16,19,21H,9-10,13-15,24H2,(H,26,28);2*1H. The lowest BCUT2D eigenvalue weighted by molar-refractivity contribution is -0.125. The van der Waals surface area contributed by atoms with Gasteiger partial charge in [-0.05, 0) is 41.5 Å². The second-order valence-corrected chi connectivity index (χ2v) is 7.58. The Bertz CT molecular complexity index is 929. The highest BCUT2D eigenvalue weighted by atomic mass is 35.5. The Labute approximate surface area is 189 Å². The van der Waals surface area contributed by atoms with Crippen molar-refractivity contribution in [3.05, 3.63) is 78.4 Å². The Morgan fingerprint density at radius 1 is 1.10 bits per heavy atom. The van der Waals surface area contributed by atoms with Gasteiger partial charge in [0.25, 0.3) is 0 Å². The first-order valence-corrected chi connectivity index (χ1v) is 9.85. The zero-order valence-corrected chi connectivity index (χ0v) is 18.4. The molecule has 1 aliphatic rings. The molecule has 3 N–H and O–H groups in total. The van der Waals surface area contributed by atoms with Crippen LogP contribution in [0.5, 0.6) is 0 Å². The molecule has 1 saturated carbocycles. The minimum atomic E-state index is 0. The number of nitrogens with one attached hydrogen (secondary N) is 1. The summed E-state index contributed by atoms with van der Waals surface area (Å²) in [5, 5.41) is 3.11. The molecular formula is C23H28Cl2N4O. The zero-order valence-electron chi connectivity index (χ0n) is 16.7. The molecule has 4 rings (SSSR count). The summed E-state index contributed by atoms with van der Waals surface area (Å²) in [4.78, 5) is 16.5. The van der Waals surface area contributed by atoms with Crippen molar-refractivity contribution >= 4 is 30.7 Å². The molecule has 7 heteroatoms. The van der Waals surface area contributed by atoms with Crippen molar-refractivity contribution in [2.75, 3.05) is 0 Å². The number of carbonyl (C=O) groups excluding carboxylic acids is 1. The average molecular weight is 447 g/mol. The van der Waals surface area contributed by atoms with Crippen molar-refractivity contribution in [2.45, 2.75) is 38.4 Å². The highest BCUT2D eigenvalue weighted by Crippen LogP contribution is 2.26. The third-order valence-corrected chi connectivity index (χ3v) is 5.50. The van der Waals surface area contributed by atoms with Crippen LogP contribution in [-0.4, -0.2) is 21.5 Å². The second kappa shape index (κ2) is 11.2. The largest absolute Gasteiger partial charge is 0.352 e. The molecule has 1 amide bonds. The molecule has 3 aromatic rings. The van der Waals surface area contributed by atoms with Gasteiger partial charge in [-0.25, -0.2) is 4.98 Å². The molecule has 0 radical (unpaired) electrons. The van der Waals surface area contributed by atoms with Gasteiger partial charge >= 0.3 is 0 Å². The van der Waals surface area contributed by atoms with Crippen molar-refractivity contribution in [1.29, 1.82) is 0 Å². The molecule has 0 aliphatic heterocycles. The van der Waals surface area contributed by atoms with E-state index in [4.69, 9.17) is 5.73 Å². The van der Waals surface area contributed by atoms with Crippen molar-refractivity contribution in [3.8, 4) is 11.1 Å². The Balaban J connectivity index is 0.00000160. The van der Waals surface area contributed by atoms with E-state index in [1.165, 1.54) is 5.56 Å². The zero-order chi connectivity index (χ0) is 19.3. The van der Waals surface area contributed by atoms with Crippen LogP contribution in [0.15, 0.2) is 67.3 Å². The smallest absolute Gasteiger partial charge is 0.223 e. The van der Waals surface area contributed by atoms with Gasteiger partial charge in [0, 0.05) is 37.4 Å². The van der Waals surface area contributed by atoms with E-state index < -0.39 is 0 Å². The summed E-state index contributed by atoms with van der Waals surface area (Å²) < 4.78 is 2.05. The molecule has 1 fully saturated rings. The monoisotopic (exact) mass is 446 g/mol. The summed E-state index contributed by atoms with van der Waals surface area (Å²) in [6, 6.07) is 17.0. The quantitative estimate of drug-likeness (QED) is 0.595. The summed E-state index contributed by atoms with van der Waals surface area (Å²) in [6.45, 7) is 1.35. The second-order valence-electron chi connectivity index (χ2n) is 7.58. The summed E-state index contributed by atoms with van der Waals surface area (Å²) in [6.07, 6.45) is 8.21. The van der Waals surface area contributed by atoms with Crippen molar-refractivity contribution in [2.24, 2.45) is 11.7 Å². The minimum Gasteiger partial charge on any atom is -0.352 e. The highest BCUT2D eigenvalue weighted by Gasteiger charge is 2.27. The first-order chi connectivity index (χ1) is 13.7. The summed E-state index contributed by atoms with van der Waals surface area (Å²) in [5.74, 6) is 0.183. The number of benzene rings is 2. The first-order valence-electron chi connectivity index (χ1n) is 9.85. The van der Waals surface area contributed by atoms with Crippen LogP contribution < -0.4 is 11.1 Å². The number of amides is 1. The van der Waals surface area contributed by atoms with E-state index >= 15 is 0 Å². The summed E-state index contributed by atoms with van der Waals surface area (Å²) in [7, 11) is 0. The molecule has 0 spiro atoms. The Morgan fingerprint density at radius 3 is 2.53 bits per heavy atom. The number of imidazole rings is 1. The van der Waals surface area contributed by atoms with Crippen molar-refractivity contribution in [3.63, 3.8) is 0 Å². The van der Waals surface area contributed by atoms with E-state index in [-0.39, 0.29) is 42.7 Å². The predicted molar refractivity (Wildman–Crippen MR) is 125 cm³/mol. The fraction of sp³-hybridized carbons (Fsp3) is 0.304. The number of halogens is 2. The number of hydrogen-bond acceptors (Lipinski definition) is 3. The Kier molecular flexibility index (Phi) is 8.90. The maximum absolute atomic E-state index is 12.4. The van der Waals surface area contributed by atoms with Crippen LogP contribution in [0.2, 0.25) is 0 Å². The summed E-state index contributed by atoms with van der Waals surface area (Å²) >= 11 is 0. The van der Waals surface area contributed by atoms with E-state index in [2.05, 4.69) is 46.7 Å². The fourth-order valence-corrected chi connectivity index (χ4v) is 3.92. The molecule has 2 atom stereocenters. The summed E-state index contributed by atoms with van der Waals surface area (Å²) in [5.41, 5.74) is 10.6. The third-order valence-electron chi connectivity index (χ3n) is 5.50. The van der Waals surface area contributed by atoms with E-state index in [1.54, 1.807) is 6.20 Å². The van der Waals surface area contributed by atoms with Crippen LogP contribution in [-0.2, 0) is 17.9 Å². The molecule has 30 heavy (non-hydrogen) atoms. The number of hydrogen-bond donors (Lipinski definition) is 2. The van der Waals surface area contributed by atoms with E-state index in [0.29, 0.717) is 6.54 Å². The topological polar surface area (TPSA) is 72.9 Å². The van der Waals surface area contributed by atoms with Crippen LogP contribution in [0, 0.1) is 5.92 Å². The molecular weight excluding hydrogens is 419 g/mol. The van der Waals surface area contributed by atoms with Gasteiger partial charge in [-0.2, -0.15) is 0 Å². The third kappa shape index (κ3) is 5.85. The number of aromatic nitrogens is 2. The predicted octanol–water partition coefficient (Wildman–Crippen LogP) is 4.19. The van der Waals surface area contributed by atoms with Crippen LogP contribution in [0.1, 0.15) is 30.4 Å². The Hall–Kier alpha value is -2.34. The number of rotatable bonds is 6. The molecule has 1 aliphatic carbocycles. The molecule has 5 nitrogen and oxygen atoms in total. The van der Waals surface area contributed by atoms with Gasteiger partial charge < -0.3 is 15.6 Å². The molecule has 160 valence electrons. The van der Waals surface area contributed by atoms with Gasteiger partial charge in [0.15, 0.2) is 0 Å². The van der Waals surface area contributed by atoms with Gasteiger partial charge in [-0.15, -0.1) is 24.8 Å². The maximum atomic E-state index is 12.4. The lowest BCUT2D eigenvalue weighted by Crippen LogP contribution is -2.30. The van der Waals surface area contributed by atoms with Crippen LogP contribution >= 0.6 is 24.8 Å². The molecule has 0 saturated heterocycles. The van der Waals surface area contributed by atoms with Crippen LogP contribution in [0.25, 0.3) is 11.1 Å². The molecule has 2 unspecified atom stereocenters. The van der Waals surface area contributed by atoms with Gasteiger partial charge in [-0.1, -0.05) is 48.5 Å². The lowest BCUT2D eigenvalue weighted by Gasteiger charge is -2.14. The average Bonchev–Trinajstić information content (AvgIpc) is 3.39. The highest BCUT2D eigenvalue weighted by molar-refractivity contribution is 5.85. The molecule has 1 aromatic heterocycles. The number of nitrogens with two attached hydrogens (primary N) is 1. The number of nitrogens with zero attached hydrogens (tertiary/aromatic N) is 2. The Morgan fingerprint density at radius 2 is 1.87 bits per heavy atom. The van der Waals surface area contributed by atoms with Crippen LogP contribution in [0.3, 0.4) is 0 Å². The normalized spacial score (nSPS) is 17.6. The fourth-order valence-electron chi connectivity index (χ4n) is 3.92. The molecule has 2 aromatic carbocycles. The van der Waals surface area contributed by atoms with Crippen molar-refractivity contribution in [1.82, 2.24) is 14.9 Å². The van der Waals surface area contributed by atoms with Gasteiger partial charge in [0.05, 0.1) is 6.33 Å². The van der Waals surface area contributed by atoms with E-state index in [9.17, 15) is 4.79 Å². The SMILES string of the molecule is Cl.Cl.NC1CCC(C(=O)NCc2ccccc2-c2ccc(Cn3ccnc3)cc2)C1. The maximum Gasteiger partial charge on any atom is 0.223 e.